The van der Waals surface area contributed by atoms with E-state index in [0.29, 0.717) is 6.54 Å². The standard InChI is InChI=1S/C25H36N4O2/c26-16-7-17-29(23-10-5-2-6-11-23)25(31)13-12-24(30)27-22-14-18-28(19-15-22)20-21-8-3-1-4-9-21/h2,5-6,10-11,21-22H,1,3-4,7-9,12-15,17-20H2,(H,27,30). The molecule has 0 radical (unpaired) electrons. The smallest absolute Gasteiger partial charge is 0.227 e. The number of nitrogens with zero attached hydrogens (tertiary/aromatic N) is 3. The van der Waals surface area contributed by atoms with Gasteiger partial charge in [0.1, 0.15) is 0 Å². The molecule has 2 fully saturated rings. The first-order valence-corrected chi connectivity index (χ1v) is 11.9. The third-order valence-corrected chi connectivity index (χ3v) is 6.58. The van der Waals surface area contributed by atoms with Crippen molar-refractivity contribution in [2.75, 3.05) is 31.1 Å². The molecule has 6 heteroatoms. The van der Waals surface area contributed by atoms with Crippen LogP contribution in [0.5, 0.6) is 0 Å². The van der Waals surface area contributed by atoms with E-state index in [1.165, 1.54) is 38.6 Å². The predicted octanol–water partition coefficient (Wildman–Crippen LogP) is 3.87. The van der Waals surface area contributed by atoms with Gasteiger partial charge in [-0.15, -0.1) is 0 Å². The number of benzene rings is 1. The Morgan fingerprint density at radius 3 is 2.42 bits per heavy atom. The van der Waals surface area contributed by atoms with Crippen molar-refractivity contribution in [2.24, 2.45) is 5.92 Å². The maximum absolute atomic E-state index is 12.7. The van der Waals surface area contributed by atoms with Gasteiger partial charge in [0.15, 0.2) is 0 Å². The number of piperidine rings is 1. The van der Waals surface area contributed by atoms with E-state index in [1.807, 2.05) is 30.3 Å². The third-order valence-electron chi connectivity index (χ3n) is 6.58. The lowest BCUT2D eigenvalue weighted by molar-refractivity contribution is -0.125. The summed E-state index contributed by atoms with van der Waals surface area (Å²) in [5.41, 5.74) is 0.772. The average molecular weight is 425 g/mol. The molecule has 1 saturated carbocycles. The molecule has 6 nitrogen and oxygen atoms in total. The van der Waals surface area contributed by atoms with Crippen LogP contribution in [-0.2, 0) is 9.59 Å². The summed E-state index contributed by atoms with van der Waals surface area (Å²) >= 11 is 0. The highest BCUT2D eigenvalue weighted by Crippen LogP contribution is 2.25. The average Bonchev–Trinajstić information content (AvgIpc) is 2.81. The fourth-order valence-corrected chi connectivity index (χ4v) is 4.82. The minimum Gasteiger partial charge on any atom is -0.353 e. The monoisotopic (exact) mass is 424 g/mol. The van der Waals surface area contributed by atoms with Crippen molar-refractivity contribution < 1.29 is 9.59 Å². The number of para-hydroxylation sites is 1. The van der Waals surface area contributed by atoms with Crippen LogP contribution in [0.3, 0.4) is 0 Å². The Balaban J connectivity index is 1.38. The zero-order chi connectivity index (χ0) is 21.9. The summed E-state index contributed by atoms with van der Waals surface area (Å²) < 4.78 is 0. The topological polar surface area (TPSA) is 76.4 Å². The Morgan fingerprint density at radius 1 is 1.03 bits per heavy atom. The maximum atomic E-state index is 12.7. The Hall–Kier alpha value is -2.39. The van der Waals surface area contributed by atoms with Gasteiger partial charge in [-0.1, -0.05) is 37.5 Å². The van der Waals surface area contributed by atoms with E-state index in [0.717, 1.165) is 37.5 Å². The van der Waals surface area contributed by atoms with Crippen LogP contribution in [0.4, 0.5) is 5.69 Å². The molecule has 1 N–H and O–H groups in total. The number of hydrogen-bond donors (Lipinski definition) is 1. The van der Waals surface area contributed by atoms with Gasteiger partial charge in [-0.25, -0.2) is 0 Å². The zero-order valence-corrected chi connectivity index (χ0v) is 18.6. The van der Waals surface area contributed by atoms with Crippen LogP contribution in [-0.4, -0.2) is 48.9 Å². The molecule has 0 spiro atoms. The molecule has 0 aromatic heterocycles. The highest BCUT2D eigenvalue weighted by atomic mass is 16.2. The molecule has 31 heavy (non-hydrogen) atoms. The first-order valence-electron chi connectivity index (χ1n) is 11.9. The molecule has 0 atom stereocenters. The van der Waals surface area contributed by atoms with Gasteiger partial charge >= 0.3 is 0 Å². The molecule has 168 valence electrons. The van der Waals surface area contributed by atoms with Crippen molar-refractivity contribution in [1.82, 2.24) is 10.2 Å². The van der Waals surface area contributed by atoms with Crippen molar-refractivity contribution in [3.8, 4) is 6.07 Å². The summed E-state index contributed by atoms with van der Waals surface area (Å²) in [4.78, 5) is 29.3. The van der Waals surface area contributed by atoms with Crippen molar-refractivity contribution >= 4 is 17.5 Å². The molecule has 1 saturated heterocycles. The van der Waals surface area contributed by atoms with Crippen LogP contribution >= 0.6 is 0 Å². The first-order chi connectivity index (χ1) is 15.2. The summed E-state index contributed by atoms with van der Waals surface area (Å²) in [6, 6.07) is 11.7. The van der Waals surface area contributed by atoms with Crippen molar-refractivity contribution in [3.05, 3.63) is 30.3 Å². The molecule has 1 aliphatic heterocycles. The van der Waals surface area contributed by atoms with E-state index in [2.05, 4.69) is 16.3 Å². The van der Waals surface area contributed by atoms with Gasteiger partial charge in [-0.2, -0.15) is 5.26 Å². The quantitative estimate of drug-likeness (QED) is 0.653. The molecule has 1 aromatic carbocycles. The predicted molar refractivity (Wildman–Crippen MR) is 122 cm³/mol. The number of carbonyl (C=O) groups is 2. The lowest BCUT2D eigenvalue weighted by Crippen LogP contribution is -2.46. The second-order valence-electron chi connectivity index (χ2n) is 8.94. The number of nitrogens with one attached hydrogen (secondary N) is 1. The van der Waals surface area contributed by atoms with E-state index in [9.17, 15) is 9.59 Å². The summed E-state index contributed by atoms with van der Waals surface area (Å²) in [5, 5.41) is 12.0. The van der Waals surface area contributed by atoms with Crippen LogP contribution in [0.2, 0.25) is 0 Å². The van der Waals surface area contributed by atoms with E-state index < -0.39 is 0 Å². The number of likely N-dealkylation sites (tertiary alicyclic amines) is 1. The molecule has 2 aliphatic rings. The zero-order valence-electron chi connectivity index (χ0n) is 18.6. The minimum absolute atomic E-state index is 0.0487. The van der Waals surface area contributed by atoms with Gasteiger partial charge in [0.05, 0.1) is 12.5 Å². The van der Waals surface area contributed by atoms with Gasteiger partial charge in [0.25, 0.3) is 0 Å². The van der Waals surface area contributed by atoms with Crippen LogP contribution in [0.1, 0.15) is 64.2 Å². The maximum Gasteiger partial charge on any atom is 0.227 e. The second kappa shape index (κ2) is 12.5. The largest absolute Gasteiger partial charge is 0.353 e. The van der Waals surface area contributed by atoms with Gasteiger partial charge in [-0.3, -0.25) is 9.59 Å². The number of hydrogen-bond acceptors (Lipinski definition) is 4. The van der Waals surface area contributed by atoms with Crippen molar-refractivity contribution in [1.29, 1.82) is 5.26 Å². The summed E-state index contributed by atoms with van der Waals surface area (Å²) in [7, 11) is 0. The van der Waals surface area contributed by atoms with Crippen LogP contribution in [0.25, 0.3) is 0 Å². The Labute approximate surface area is 186 Å². The molecule has 1 heterocycles. The highest BCUT2D eigenvalue weighted by Gasteiger charge is 2.24. The highest BCUT2D eigenvalue weighted by molar-refractivity contribution is 5.95. The Morgan fingerprint density at radius 2 is 1.74 bits per heavy atom. The Bertz CT molecular complexity index is 732. The number of rotatable bonds is 9. The molecule has 3 rings (SSSR count). The van der Waals surface area contributed by atoms with E-state index in [4.69, 9.17) is 5.26 Å². The third kappa shape index (κ3) is 7.66. The molecule has 0 unspecified atom stereocenters. The van der Waals surface area contributed by atoms with E-state index in [1.54, 1.807) is 4.90 Å². The number of anilines is 1. The van der Waals surface area contributed by atoms with E-state index in [-0.39, 0.29) is 37.1 Å². The SMILES string of the molecule is N#CCCN(C(=O)CCC(=O)NC1CCN(CC2CCCCC2)CC1)c1ccccc1. The summed E-state index contributed by atoms with van der Waals surface area (Å²) in [6.07, 6.45) is 9.51. The van der Waals surface area contributed by atoms with Gasteiger partial charge in [0.2, 0.25) is 11.8 Å². The van der Waals surface area contributed by atoms with Gasteiger partial charge < -0.3 is 15.1 Å². The normalized spacial score (nSPS) is 18.3. The molecule has 1 aliphatic carbocycles. The molecule has 0 bridgehead atoms. The lowest BCUT2D eigenvalue weighted by atomic mass is 9.88. The van der Waals surface area contributed by atoms with Crippen LogP contribution < -0.4 is 10.2 Å². The Kier molecular flexibility index (Phi) is 9.36. The molecular weight excluding hydrogens is 388 g/mol. The molecular formula is C25H36N4O2. The number of amides is 2. The molecule has 1 aromatic rings. The first kappa shape index (κ1) is 23.3. The van der Waals surface area contributed by atoms with Crippen LogP contribution in [0.15, 0.2) is 30.3 Å². The lowest BCUT2D eigenvalue weighted by Gasteiger charge is -2.35. The van der Waals surface area contributed by atoms with E-state index >= 15 is 0 Å². The second-order valence-corrected chi connectivity index (χ2v) is 8.94. The fraction of sp³-hybridized carbons (Fsp3) is 0.640. The van der Waals surface area contributed by atoms with Gasteiger partial charge in [0, 0.05) is 50.7 Å². The molecule has 2 amide bonds. The minimum atomic E-state index is -0.112. The number of nitriles is 1. The van der Waals surface area contributed by atoms with Gasteiger partial charge in [-0.05, 0) is 43.7 Å². The summed E-state index contributed by atoms with van der Waals surface area (Å²) in [5.74, 6) is 0.700. The fourth-order valence-electron chi connectivity index (χ4n) is 4.82. The van der Waals surface area contributed by atoms with Crippen molar-refractivity contribution in [3.63, 3.8) is 0 Å². The summed E-state index contributed by atoms with van der Waals surface area (Å²) in [6.45, 7) is 3.67. The van der Waals surface area contributed by atoms with Crippen LogP contribution in [0, 0.1) is 17.2 Å². The number of carbonyl (C=O) groups excluding carboxylic acids is 2. The van der Waals surface area contributed by atoms with Crippen molar-refractivity contribution in [2.45, 2.75) is 70.3 Å².